The van der Waals surface area contributed by atoms with Crippen molar-refractivity contribution >= 4 is 11.8 Å². The minimum atomic E-state index is -2.59. The number of amides is 2. The Labute approximate surface area is 98.6 Å². The van der Waals surface area contributed by atoms with Gasteiger partial charge in [-0.05, 0) is 26.2 Å². The van der Waals surface area contributed by atoms with Crippen LogP contribution in [0.4, 0.5) is 8.78 Å². The molecule has 2 atom stereocenters. The van der Waals surface area contributed by atoms with E-state index in [-0.39, 0.29) is 11.8 Å². The molecule has 0 bridgehead atoms. The van der Waals surface area contributed by atoms with E-state index in [1.54, 1.807) is 4.90 Å². The lowest BCUT2D eigenvalue weighted by Gasteiger charge is -2.45. The van der Waals surface area contributed by atoms with Crippen molar-refractivity contribution in [3.8, 4) is 0 Å². The lowest BCUT2D eigenvalue weighted by atomic mass is 9.96. The van der Waals surface area contributed by atoms with Crippen molar-refractivity contribution in [1.29, 1.82) is 0 Å². The highest BCUT2D eigenvalue weighted by Gasteiger charge is 2.45. The number of rotatable bonds is 2. The number of fused-ring (bicyclic) bond motifs is 1. The van der Waals surface area contributed by atoms with Crippen molar-refractivity contribution < 1.29 is 18.4 Å². The molecule has 0 aromatic carbocycles. The zero-order valence-electron chi connectivity index (χ0n) is 9.73. The van der Waals surface area contributed by atoms with Crippen LogP contribution < -0.4 is 0 Å². The van der Waals surface area contributed by atoms with Gasteiger partial charge in [-0.15, -0.1) is 0 Å². The van der Waals surface area contributed by atoms with Crippen LogP contribution in [0.5, 0.6) is 0 Å². The predicted molar refractivity (Wildman–Crippen MR) is 56.5 cm³/mol. The first-order chi connectivity index (χ1) is 8.02. The van der Waals surface area contributed by atoms with E-state index in [2.05, 4.69) is 0 Å². The van der Waals surface area contributed by atoms with Crippen LogP contribution in [0.3, 0.4) is 0 Å². The molecule has 0 radical (unpaired) electrons. The summed E-state index contributed by atoms with van der Waals surface area (Å²) in [5.74, 6) is -0.521. The van der Waals surface area contributed by atoms with Crippen molar-refractivity contribution in [1.82, 2.24) is 9.80 Å². The highest BCUT2D eigenvalue weighted by Crippen LogP contribution is 2.26. The lowest BCUT2D eigenvalue weighted by Crippen LogP contribution is -2.65. The summed E-state index contributed by atoms with van der Waals surface area (Å²) in [4.78, 5) is 26.6. The molecule has 4 nitrogen and oxygen atoms in total. The summed E-state index contributed by atoms with van der Waals surface area (Å²) in [5.41, 5.74) is 0. The third-order valence-electron chi connectivity index (χ3n) is 3.51. The maximum Gasteiger partial charge on any atom is 0.255 e. The molecule has 0 aromatic rings. The third-order valence-corrected chi connectivity index (χ3v) is 3.51. The molecule has 17 heavy (non-hydrogen) atoms. The Morgan fingerprint density at radius 3 is 2.65 bits per heavy atom. The molecule has 0 saturated carbocycles. The van der Waals surface area contributed by atoms with Crippen LogP contribution in [0.2, 0.25) is 0 Å². The third kappa shape index (κ3) is 2.12. The second-order valence-corrected chi connectivity index (χ2v) is 4.60. The van der Waals surface area contributed by atoms with Crippen LogP contribution in [0, 0.1) is 0 Å². The van der Waals surface area contributed by atoms with Crippen LogP contribution in [0.1, 0.15) is 26.2 Å². The van der Waals surface area contributed by atoms with E-state index in [1.165, 1.54) is 6.92 Å². The average Bonchev–Trinajstić information content (AvgIpc) is 2.31. The summed E-state index contributed by atoms with van der Waals surface area (Å²) in [6, 6.07) is -1.27. The number of piperazine rings is 1. The summed E-state index contributed by atoms with van der Waals surface area (Å²) in [5, 5.41) is 0. The lowest BCUT2D eigenvalue weighted by molar-refractivity contribution is -0.164. The van der Waals surface area contributed by atoms with E-state index in [4.69, 9.17) is 0 Å². The molecule has 6 heteroatoms. The number of hydrogen-bond acceptors (Lipinski definition) is 2. The molecule has 0 aromatic heterocycles. The molecule has 0 aliphatic carbocycles. The summed E-state index contributed by atoms with van der Waals surface area (Å²) in [6.07, 6.45) is -0.241. The molecule has 2 saturated heterocycles. The maximum absolute atomic E-state index is 12.4. The standard InChI is InChI=1S/C11H16F2N2O2/c1-7-10(16)14-5-3-2-4-8(14)11(17)15(7)6-9(12)13/h7-9H,2-6H2,1H3. The summed E-state index contributed by atoms with van der Waals surface area (Å²) in [6.45, 7) is 1.45. The monoisotopic (exact) mass is 246 g/mol. The maximum atomic E-state index is 12.4. The smallest absolute Gasteiger partial charge is 0.255 e. The Bertz CT molecular complexity index is 335. The van der Waals surface area contributed by atoms with Crippen LogP contribution in [0.25, 0.3) is 0 Å². The van der Waals surface area contributed by atoms with E-state index >= 15 is 0 Å². The van der Waals surface area contributed by atoms with Crippen molar-refractivity contribution in [2.75, 3.05) is 13.1 Å². The summed E-state index contributed by atoms with van der Waals surface area (Å²) in [7, 11) is 0. The Kier molecular flexibility index (Phi) is 3.31. The number of carbonyl (C=O) groups is 2. The summed E-state index contributed by atoms with van der Waals surface area (Å²) >= 11 is 0. The van der Waals surface area contributed by atoms with Crippen molar-refractivity contribution in [3.63, 3.8) is 0 Å². The Morgan fingerprint density at radius 2 is 2.00 bits per heavy atom. The SMILES string of the molecule is CC1C(=O)N2CCCCC2C(=O)N1CC(F)F. The predicted octanol–water partition coefficient (Wildman–Crippen LogP) is 0.863. The highest BCUT2D eigenvalue weighted by atomic mass is 19.3. The van der Waals surface area contributed by atoms with Gasteiger partial charge in [0.2, 0.25) is 11.8 Å². The van der Waals surface area contributed by atoms with Gasteiger partial charge >= 0.3 is 0 Å². The number of piperidine rings is 1. The van der Waals surface area contributed by atoms with Crippen molar-refractivity contribution in [2.45, 2.75) is 44.7 Å². The van der Waals surface area contributed by atoms with Gasteiger partial charge in [0.15, 0.2) is 0 Å². The molecular formula is C11H16F2N2O2. The minimum Gasteiger partial charge on any atom is -0.329 e. The van der Waals surface area contributed by atoms with Crippen LogP contribution in [-0.4, -0.2) is 53.2 Å². The van der Waals surface area contributed by atoms with Gasteiger partial charge < -0.3 is 9.80 Å². The second kappa shape index (κ2) is 4.58. The Morgan fingerprint density at radius 1 is 1.29 bits per heavy atom. The molecule has 2 aliphatic heterocycles. The molecular weight excluding hydrogens is 230 g/mol. The van der Waals surface area contributed by atoms with E-state index in [0.717, 1.165) is 17.7 Å². The minimum absolute atomic E-state index is 0.199. The topological polar surface area (TPSA) is 40.6 Å². The number of alkyl halides is 2. The van der Waals surface area contributed by atoms with Crippen molar-refractivity contribution in [2.24, 2.45) is 0 Å². The van der Waals surface area contributed by atoms with E-state index < -0.39 is 25.1 Å². The number of hydrogen-bond donors (Lipinski definition) is 0. The van der Waals surface area contributed by atoms with Gasteiger partial charge in [-0.25, -0.2) is 8.78 Å². The molecule has 2 fully saturated rings. The van der Waals surface area contributed by atoms with Gasteiger partial charge in [0.05, 0.1) is 6.54 Å². The summed E-state index contributed by atoms with van der Waals surface area (Å²) < 4.78 is 24.8. The van der Waals surface area contributed by atoms with Crippen LogP contribution in [0.15, 0.2) is 0 Å². The fraction of sp³-hybridized carbons (Fsp3) is 0.818. The van der Waals surface area contributed by atoms with Gasteiger partial charge in [-0.2, -0.15) is 0 Å². The van der Waals surface area contributed by atoms with Crippen molar-refractivity contribution in [3.05, 3.63) is 0 Å². The van der Waals surface area contributed by atoms with Crippen LogP contribution >= 0.6 is 0 Å². The first kappa shape index (κ1) is 12.3. The number of carbonyl (C=O) groups excluding carboxylic acids is 2. The highest BCUT2D eigenvalue weighted by molar-refractivity contribution is 5.96. The number of nitrogens with zero attached hydrogens (tertiary/aromatic N) is 2. The Balaban J connectivity index is 2.19. The second-order valence-electron chi connectivity index (χ2n) is 4.60. The largest absolute Gasteiger partial charge is 0.329 e. The number of halogens is 2. The fourth-order valence-corrected chi connectivity index (χ4v) is 2.60. The van der Waals surface area contributed by atoms with E-state index in [0.29, 0.717) is 13.0 Å². The van der Waals surface area contributed by atoms with Gasteiger partial charge in [-0.1, -0.05) is 0 Å². The van der Waals surface area contributed by atoms with Gasteiger partial charge in [-0.3, -0.25) is 9.59 Å². The molecule has 2 amide bonds. The van der Waals surface area contributed by atoms with Gasteiger partial charge in [0.1, 0.15) is 12.1 Å². The first-order valence-corrected chi connectivity index (χ1v) is 5.91. The molecule has 2 aliphatic rings. The first-order valence-electron chi connectivity index (χ1n) is 5.91. The molecule has 0 spiro atoms. The van der Waals surface area contributed by atoms with E-state index in [9.17, 15) is 18.4 Å². The normalized spacial score (nSPS) is 29.9. The van der Waals surface area contributed by atoms with Gasteiger partial charge in [0.25, 0.3) is 6.43 Å². The molecule has 0 N–H and O–H groups in total. The quantitative estimate of drug-likeness (QED) is 0.725. The molecule has 2 heterocycles. The van der Waals surface area contributed by atoms with E-state index in [1.807, 2.05) is 0 Å². The fourth-order valence-electron chi connectivity index (χ4n) is 2.60. The molecule has 2 rings (SSSR count). The van der Waals surface area contributed by atoms with Crippen LogP contribution in [-0.2, 0) is 9.59 Å². The zero-order chi connectivity index (χ0) is 12.6. The Hall–Kier alpha value is -1.20. The van der Waals surface area contributed by atoms with Gasteiger partial charge in [0, 0.05) is 6.54 Å². The molecule has 96 valence electrons. The molecule has 2 unspecified atom stereocenters. The zero-order valence-corrected chi connectivity index (χ0v) is 9.73. The average molecular weight is 246 g/mol.